The molecular formula is C11H10FN3O5. The number of carbonyl (C=O) groups is 2. The van der Waals surface area contributed by atoms with E-state index in [1.165, 1.54) is 0 Å². The minimum Gasteiger partial charge on any atom is -0.480 e. The van der Waals surface area contributed by atoms with Crippen LogP contribution in [0.5, 0.6) is 0 Å². The van der Waals surface area contributed by atoms with Gasteiger partial charge in [-0.2, -0.15) is 0 Å². The summed E-state index contributed by atoms with van der Waals surface area (Å²) in [6.07, 6.45) is 0.609. The Morgan fingerprint density at radius 3 is 2.50 bits per heavy atom. The van der Waals surface area contributed by atoms with E-state index in [1.54, 1.807) is 0 Å². The number of non-ortho nitro benzene ring substituents is 1. The summed E-state index contributed by atoms with van der Waals surface area (Å²) in [5.74, 6) is -2.04. The topological polar surface area (TPSA) is 122 Å². The van der Waals surface area contributed by atoms with Crippen LogP contribution in [-0.2, 0) is 4.79 Å². The molecule has 1 aliphatic carbocycles. The Morgan fingerprint density at radius 1 is 1.35 bits per heavy atom. The van der Waals surface area contributed by atoms with Crippen LogP contribution in [0, 0.1) is 15.9 Å². The van der Waals surface area contributed by atoms with Gasteiger partial charge in [-0.1, -0.05) is 0 Å². The van der Waals surface area contributed by atoms with Crippen LogP contribution in [0.25, 0.3) is 0 Å². The fourth-order valence-corrected chi connectivity index (χ4v) is 1.65. The molecule has 0 atom stereocenters. The lowest BCUT2D eigenvalue weighted by atomic mass is 10.2. The number of anilines is 1. The standard InChI is InChI=1S/C11H10FN3O5/c12-6-3-7(5-8(4-6)15(19)20)13-10(18)14-11(1-2-11)9(16)17/h3-5H,1-2H2,(H,16,17)(H2,13,14,18). The average Bonchev–Trinajstić information content (AvgIpc) is 3.08. The molecule has 1 fully saturated rings. The summed E-state index contributed by atoms with van der Waals surface area (Å²) in [6, 6.07) is 1.73. The van der Waals surface area contributed by atoms with Crippen LogP contribution >= 0.6 is 0 Å². The van der Waals surface area contributed by atoms with Crippen molar-refractivity contribution in [2.45, 2.75) is 18.4 Å². The lowest BCUT2D eigenvalue weighted by Crippen LogP contribution is -2.45. The molecule has 3 N–H and O–H groups in total. The maximum absolute atomic E-state index is 13.1. The van der Waals surface area contributed by atoms with Gasteiger partial charge in [0.2, 0.25) is 0 Å². The van der Waals surface area contributed by atoms with Crippen molar-refractivity contribution in [1.82, 2.24) is 5.32 Å². The van der Waals surface area contributed by atoms with E-state index < -0.39 is 34.0 Å². The Labute approximate surface area is 111 Å². The van der Waals surface area contributed by atoms with Crippen molar-refractivity contribution in [3.8, 4) is 0 Å². The highest BCUT2D eigenvalue weighted by molar-refractivity contribution is 5.95. The fraction of sp³-hybridized carbons (Fsp3) is 0.273. The van der Waals surface area contributed by atoms with E-state index in [-0.39, 0.29) is 5.69 Å². The Morgan fingerprint density at radius 2 is 2.00 bits per heavy atom. The van der Waals surface area contributed by atoms with Crippen LogP contribution in [0.15, 0.2) is 18.2 Å². The van der Waals surface area contributed by atoms with E-state index >= 15 is 0 Å². The summed E-state index contributed by atoms with van der Waals surface area (Å²) < 4.78 is 13.1. The van der Waals surface area contributed by atoms with Crippen LogP contribution in [-0.4, -0.2) is 27.6 Å². The number of nitrogens with zero attached hydrogens (tertiary/aromatic N) is 1. The number of hydrogen-bond acceptors (Lipinski definition) is 4. The first-order valence-electron chi connectivity index (χ1n) is 5.60. The third kappa shape index (κ3) is 2.82. The van der Waals surface area contributed by atoms with Gasteiger partial charge in [0.15, 0.2) is 0 Å². The summed E-state index contributed by atoms with van der Waals surface area (Å²) in [5, 5.41) is 23.9. The quantitative estimate of drug-likeness (QED) is 0.570. The smallest absolute Gasteiger partial charge is 0.329 e. The molecule has 0 saturated heterocycles. The van der Waals surface area contributed by atoms with E-state index in [1.807, 2.05) is 0 Å². The number of nitro benzene ring substituents is 1. The second-order valence-electron chi connectivity index (χ2n) is 4.42. The van der Waals surface area contributed by atoms with Crippen LogP contribution in [0.1, 0.15) is 12.8 Å². The minimum absolute atomic E-state index is 0.129. The van der Waals surface area contributed by atoms with Crippen LogP contribution in [0.2, 0.25) is 0 Å². The molecule has 0 unspecified atom stereocenters. The van der Waals surface area contributed by atoms with Gasteiger partial charge in [-0.05, 0) is 18.9 Å². The monoisotopic (exact) mass is 283 g/mol. The van der Waals surface area contributed by atoms with Crippen LogP contribution in [0.4, 0.5) is 20.6 Å². The van der Waals surface area contributed by atoms with Crippen molar-refractivity contribution < 1.29 is 24.0 Å². The van der Waals surface area contributed by atoms with E-state index in [9.17, 15) is 24.1 Å². The van der Waals surface area contributed by atoms with Gasteiger partial charge in [0, 0.05) is 6.07 Å². The molecule has 106 valence electrons. The van der Waals surface area contributed by atoms with Gasteiger partial charge < -0.3 is 15.7 Å². The molecule has 0 aliphatic heterocycles. The first kappa shape index (κ1) is 13.7. The zero-order chi connectivity index (χ0) is 14.9. The third-order valence-electron chi connectivity index (χ3n) is 2.86. The number of amides is 2. The van der Waals surface area contributed by atoms with Gasteiger partial charge in [-0.3, -0.25) is 10.1 Å². The number of rotatable bonds is 4. The normalized spacial score (nSPS) is 15.2. The summed E-state index contributed by atoms with van der Waals surface area (Å²) in [5.41, 5.74) is -1.93. The molecule has 1 aromatic rings. The van der Waals surface area contributed by atoms with Gasteiger partial charge in [0.1, 0.15) is 11.4 Å². The van der Waals surface area contributed by atoms with Crippen LogP contribution < -0.4 is 10.6 Å². The highest BCUT2D eigenvalue weighted by Gasteiger charge is 2.51. The van der Waals surface area contributed by atoms with Gasteiger partial charge >= 0.3 is 12.0 Å². The van der Waals surface area contributed by atoms with Crippen molar-refractivity contribution in [2.75, 3.05) is 5.32 Å². The van der Waals surface area contributed by atoms with Gasteiger partial charge in [0.25, 0.3) is 5.69 Å². The molecule has 2 rings (SSSR count). The Hall–Kier alpha value is -2.71. The van der Waals surface area contributed by atoms with Gasteiger partial charge in [-0.15, -0.1) is 0 Å². The number of carboxylic acid groups (broad SMARTS) is 1. The highest BCUT2D eigenvalue weighted by atomic mass is 19.1. The Balaban J connectivity index is 2.08. The second-order valence-corrected chi connectivity index (χ2v) is 4.42. The molecule has 0 radical (unpaired) electrons. The number of nitro groups is 1. The highest BCUT2D eigenvalue weighted by Crippen LogP contribution is 2.35. The Kier molecular flexibility index (Phi) is 3.26. The predicted molar refractivity (Wildman–Crippen MR) is 64.8 cm³/mol. The first-order valence-corrected chi connectivity index (χ1v) is 5.60. The van der Waals surface area contributed by atoms with E-state index in [0.29, 0.717) is 18.9 Å². The zero-order valence-corrected chi connectivity index (χ0v) is 10.1. The molecule has 0 bridgehead atoms. The number of aliphatic carboxylic acids is 1. The van der Waals surface area contributed by atoms with Crippen molar-refractivity contribution in [3.05, 3.63) is 34.1 Å². The predicted octanol–water partition coefficient (Wildman–Crippen LogP) is 1.47. The fourth-order valence-electron chi connectivity index (χ4n) is 1.65. The average molecular weight is 283 g/mol. The lowest BCUT2D eigenvalue weighted by Gasteiger charge is -2.13. The molecule has 8 nitrogen and oxygen atoms in total. The molecule has 1 aromatic carbocycles. The third-order valence-corrected chi connectivity index (χ3v) is 2.86. The van der Waals surface area contributed by atoms with E-state index in [4.69, 9.17) is 5.11 Å². The number of hydrogen-bond donors (Lipinski definition) is 3. The van der Waals surface area contributed by atoms with Crippen molar-refractivity contribution in [3.63, 3.8) is 0 Å². The van der Waals surface area contributed by atoms with E-state index in [2.05, 4.69) is 10.6 Å². The second kappa shape index (κ2) is 4.76. The van der Waals surface area contributed by atoms with E-state index in [0.717, 1.165) is 12.1 Å². The van der Waals surface area contributed by atoms with Crippen molar-refractivity contribution in [2.24, 2.45) is 0 Å². The molecule has 1 aliphatic rings. The molecular weight excluding hydrogens is 273 g/mol. The van der Waals surface area contributed by atoms with Gasteiger partial charge in [-0.25, -0.2) is 14.0 Å². The largest absolute Gasteiger partial charge is 0.480 e. The summed E-state index contributed by atoms with van der Waals surface area (Å²) >= 11 is 0. The van der Waals surface area contributed by atoms with Gasteiger partial charge in [0.05, 0.1) is 16.7 Å². The molecule has 0 spiro atoms. The SMILES string of the molecule is O=C(Nc1cc(F)cc([N+](=O)[O-])c1)NC1(C(=O)O)CC1. The maximum atomic E-state index is 13.1. The van der Waals surface area contributed by atoms with Crippen molar-refractivity contribution >= 4 is 23.4 Å². The molecule has 0 aromatic heterocycles. The molecule has 0 heterocycles. The van der Waals surface area contributed by atoms with Crippen molar-refractivity contribution in [1.29, 1.82) is 0 Å². The maximum Gasteiger partial charge on any atom is 0.329 e. The number of halogens is 1. The minimum atomic E-state index is -1.29. The number of benzene rings is 1. The first-order chi connectivity index (χ1) is 9.32. The molecule has 2 amide bonds. The molecule has 20 heavy (non-hydrogen) atoms. The summed E-state index contributed by atoms with van der Waals surface area (Å²) in [4.78, 5) is 32.2. The number of carbonyl (C=O) groups excluding carboxylic acids is 1. The summed E-state index contributed by atoms with van der Waals surface area (Å²) in [6.45, 7) is 0. The summed E-state index contributed by atoms with van der Waals surface area (Å²) in [7, 11) is 0. The van der Waals surface area contributed by atoms with Crippen LogP contribution in [0.3, 0.4) is 0 Å². The number of carboxylic acids is 1. The molecule has 1 saturated carbocycles. The zero-order valence-electron chi connectivity index (χ0n) is 10.1. The molecule has 9 heteroatoms. The number of urea groups is 1. The number of nitrogens with one attached hydrogen (secondary N) is 2. The Bertz CT molecular complexity index is 600. The lowest BCUT2D eigenvalue weighted by molar-refractivity contribution is -0.385.